The number of aromatic nitrogens is 1. The Labute approximate surface area is 352 Å². The topological polar surface area (TPSA) is 157 Å². The van der Waals surface area contributed by atoms with E-state index in [9.17, 15) is 19.8 Å². The number of para-hydroxylation sites is 1. The van der Waals surface area contributed by atoms with Gasteiger partial charge in [-0.15, -0.1) is 0 Å². The summed E-state index contributed by atoms with van der Waals surface area (Å²) >= 11 is 0. The molecule has 4 N–H and O–H groups in total. The second kappa shape index (κ2) is 14.3. The predicted molar refractivity (Wildman–Crippen MR) is 227 cm³/mol. The van der Waals surface area contributed by atoms with E-state index in [4.69, 9.17) is 14.2 Å². The molecule has 10 atom stereocenters. The van der Waals surface area contributed by atoms with E-state index in [0.717, 1.165) is 33.4 Å². The number of hydrogen-bond donors (Lipinski definition) is 4. The van der Waals surface area contributed by atoms with Gasteiger partial charge in [-0.25, -0.2) is 0 Å². The molecule has 2 aromatic carbocycles. The van der Waals surface area contributed by atoms with E-state index in [0.29, 0.717) is 82.6 Å². The van der Waals surface area contributed by atoms with Crippen LogP contribution in [0.1, 0.15) is 82.2 Å². The van der Waals surface area contributed by atoms with Crippen LogP contribution < -0.4 is 15.0 Å². The molecule has 2 bridgehead atoms. The van der Waals surface area contributed by atoms with Crippen LogP contribution in [-0.2, 0) is 41.1 Å². The summed E-state index contributed by atoms with van der Waals surface area (Å²) in [4.78, 5) is 53.7. The van der Waals surface area contributed by atoms with Gasteiger partial charge in [0.2, 0.25) is 5.60 Å². The van der Waals surface area contributed by atoms with Crippen molar-refractivity contribution in [2.75, 3.05) is 65.4 Å². The summed E-state index contributed by atoms with van der Waals surface area (Å²) in [6.45, 7) is 10.8. The Balaban J connectivity index is 1.36. The number of H-pyrrole nitrogens is 1. The smallest absolute Gasteiger partial charge is 0.322 e. The molecular formula is C47H61N5O8. The van der Waals surface area contributed by atoms with Crippen LogP contribution in [0.15, 0.2) is 48.6 Å². The number of amides is 1. The van der Waals surface area contributed by atoms with Crippen molar-refractivity contribution in [3.8, 4) is 5.75 Å². The van der Waals surface area contributed by atoms with Crippen LogP contribution >= 0.6 is 0 Å². The van der Waals surface area contributed by atoms with Gasteiger partial charge >= 0.3 is 11.9 Å². The zero-order valence-corrected chi connectivity index (χ0v) is 36.1. The zero-order chi connectivity index (χ0) is 42.6. The van der Waals surface area contributed by atoms with Crippen LogP contribution in [0.5, 0.6) is 5.75 Å². The number of rotatable bonds is 8. The molecule has 5 unspecified atom stereocenters. The molecule has 2 saturated heterocycles. The Hall–Kier alpha value is -4.43. The third-order valence-electron chi connectivity index (χ3n) is 15.8. The second-order valence-corrected chi connectivity index (χ2v) is 18.6. The predicted octanol–water partition coefficient (Wildman–Crippen LogP) is 3.95. The summed E-state index contributed by atoms with van der Waals surface area (Å²) in [5, 5.41) is 29.5. The number of carbonyl (C=O) groups excluding carboxylic acids is 3. The highest BCUT2D eigenvalue weighted by Gasteiger charge is 2.80. The van der Waals surface area contributed by atoms with Crippen LogP contribution in [0.3, 0.4) is 0 Å². The first kappa shape index (κ1) is 40.9. The average Bonchev–Trinajstić information content (AvgIpc) is 3.90. The number of likely N-dealkylation sites (N-methyl/N-ethyl adjacent to an activating group) is 2. The van der Waals surface area contributed by atoms with E-state index in [1.807, 2.05) is 57.0 Å². The van der Waals surface area contributed by atoms with Crippen LogP contribution in [0, 0.1) is 11.3 Å². The molecule has 1 amide bonds. The first-order chi connectivity index (χ1) is 28.7. The highest BCUT2D eigenvalue weighted by Crippen LogP contribution is 2.68. The molecule has 9 rings (SSSR count). The summed E-state index contributed by atoms with van der Waals surface area (Å²) in [6.07, 6.45) is 6.17. The van der Waals surface area contributed by atoms with Crippen molar-refractivity contribution in [3.63, 3.8) is 0 Å². The number of anilines is 1. The summed E-state index contributed by atoms with van der Waals surface area (Å²) in [6, 6.07) is 11.1. The van der Waals surface area contributed by atoms with Gasteiger partial charge in [0.05, 0.1) is 25.9 Å². The zero-order valence-electron chi connectivity index (χ0n) is 36.1. The number of benzene rings is 2. The Morgan fingerprint density at radius 1 is 1.00 bits per heavy atom. The molecule has 322 valence electrons. The molecule has 6 heterocycles. The number of carbonyl (C=O) groups is 3. The fourth-order valence-corrected chi connectivity index (χ4v) is 13.7. The summed E-state index contributed by atoms with van der Waals surface area (Å²) in [5.74, 6) is -1.21. The van der Waals surface area contributed by atoms with E-state index in [-0.39, 0.29) is 18.5 Å². The van der Waals surface area contributed by atoms with Gasteiger partial charge in [0, 0.05) is 97.5 Å². The lowest BCUT2D eigenvalue weighted by molar-refractivity contribution is -0.217. The minimum absolute atomic E-state index is 0.0908. The van der Waals surface area contributed by atoms with E-state index >= 15 is 4.79 Å². The van der Waals surface area contributed by atoms with Gasteiger partial charge in [0.25, 0.3) is 5.91 Å². The van der Waals surface area contributed by atoms with Crippen LogP contribution in [0.2, 0.25) is 0 Å². The van der Waals surface area contributed by atoms with Crippen molar-refractivity contribution >= 4 is 34.4 Å². The molecule has 13 heteroatoms. The Bertz CT molecular complexity index is 2280. The molecule has 5 aliphatic heterocycles. The monoisotopic (exact) mass is 823 g/mol. The number of hydrogen-bond acceptors (Lipinski definition) is 11. The van der Waals surface area contributed by atoms with Gasteiger partial charge in [-0.05, 0) is 81.2 Å². The van der Waals surface area contributed by atoms with Gasteiger partial charge in [0.1, 0.15) is 11.2 Å². The molecule has 1 aliphatic carbocycles. The van der Waals surface area contributed by atoms with E-state index in [2.05, 4.69) is 44.4 Å². The molecule has 1 spiro atoms. The molecule has 3 fully saturated rings. The lowest BCUT2D eigenvalue weighted by Crippen LogP contribution is -2.82. The lowest BCUT2D eigenvalue weighted by Gasteiger charge is -2.63. The summed E-state index contributed by atoms with van der Waals surface area (Å²) in [5.41, 5.74) is -1.31. The van der Waals surface area contributed by atoms with E-state index in [1.54, 1.807) is 7.11 Å². The molecule has 1 aromatic heterocycles. The van der Waals surface area contributed by atoms with Crippen molar-refractivity contribution in [2.24, 2.45) is 11.3 Å². The SMILES string of the molecule is CCNC(=O)[C@]1(O)C2N(C)c3cc(OC)c([C@]4(C(=O)OC)CC5CN(CCc6c4[nH]c4ccccc64)C[C@](O)(CC)C5)cc3C23CCN2CC=C[C@](CC)(C23)[C@H]1OC(C)=O. The fourth-order valence-electron chi connectivity index (χ4n) is 13.7. The van der Waals surface area contributed by atoms with E-state index in [1.165, 1.54) is 14.0 Å². The van der Waals surface area contributed by atoms with Crippen molar-refractivity contribution in [1.29, 1.82) is 0 Å². The highest BCUT2D eigenvalue weighted by atomic mass is 16.6. The third kappa shape index (κ3) is 5.34. The highest BCUT2D eigenvalue weighted by molar-refractivity contribution is 5.95. The van der Waals surface area contributed by atoms with Crippen molar-refractivity contribution in [1.82, 2.24) is 20.1 Å². The fraction of sp³-hybridized carbons (Fsp3) is 0.596. The standard InChI is InChI=1S/C47H61N5O8/c1-8-43(56)24-29-25-46(42(55)59-7,37-31(16-20-51(26-29)27-43)30-14-11-12-15-34(30)49-37)33-22-32-35(23-36(33)58-6)50(5)39-45(32)18-21-52-19-13-17-44(9-2,38(45)52)40(60-28(4)53)47(39,57)41(54)48-10-3/h11-15,17,22-23,29,38-40,49,56-57H,8-10,16,18-21,24-27H2,1-7H3,(H,48,54)/t29?,38?,39?,40-,43+,44-,45?,46-,47+/m1/s1. The minimum atomic E-state index is -2.19. The molecule has 60 heavy (non-hydrogen) atoms. The first-order valence-electron chi connectivity index (χ1n) is 21.9. The third-order valence-corrected chi connectivity index (χ3v) is 15.8. The Morgan fingerprint density at radius 3 is 2.48 bits per heavy atom. The quantitative estimate of drug-likeness (QED) is 0.193. The minimum Gasteiger partial charge on any atom is -0.496 e. The summed E-state index contributed by atoms with van der Waals surface area (Å²) in [7, 11) is 4.96. The molecule has 3 aromatic rings. The van der Waals surface area contributed by atoms with Gasteiger partial charge in [-0.3, -0.25) is 24.2 Å². The van der Waals surface area contributed by atoms with Crippen molar-refractivity contribution < 1.29 is 38.8 Å². The van der Waals surface area contributed by atoms with Gasteiger partial charge in [-0.1, -0.05) is 44.2 Å². The number of esters is 2. The number of fused-ring (bicyclic) bond motifs is 6. The van der Waals surface area contributed by atoms with Gasteiger partial charge in [-0.2, -0.15) is 0 Å². The molecule has 1 saturated carbocycles. The van der Waals surface area contributed by atoms with E-state index < -0.39 is 57.4 Å². The van der Waals surface area contributed by atoms with Crippen LogP contribution in [-0.4, -0.2) is 133 Å². The summed E-state index contributed by atoms with van der Waals surface area (Å²) < 4.78 is 18.6. The maximum Gasteiger partial charge on any atom is 0.322 e. The normalized spacial score (nSPS) is 36.5. The largest absolute Gasteiger partial charge is 0.496 e. The number of nitrogens with zero attached hydrogens (tertiary/aromatic N) is 3. The number of ether oxygens (including phenoxy) is 3. The maximum atomic E-state index is 15.4. The second-order valence-electron chi connectivity index (χ2n) is 18.6. The Kier molecular flexibility index (Phi) is 9.77. The number of methoxy groups -OCH3 is 2. The Morgan fingerprint density at radius 2 is 1.78 bits per heavy atom. The number of nitrogens with one attached hydrogen (secondary N) is 2. The number of piperidine rings is 1. The van der Waals surface area contributed by atoms with Crippen molar-refractivity contribution in [2.45, 2.75) is 106 Å². The molecule has 13 nitrogen and oxygen atoms in total. The van der Waals surface area contributed by atoms with Crippen molar-refractivity contribution in [3.05, 3.63) is 70.9 Å². The maximum absolute atomic E-state index is 15.4. The number of aromatic amines is 1. The number of aliphatic hydroxyl groups is 2. The lowest BCUT2D eigenvalue weighted by atomic mass is 9.47. The van der Waals surface area contributed by atoms with Gasteiger partial charge < -0.3 is 39.6 Å². The first-order valence-corrected chi connectivity index (χ1v) is 21.9. The molecule has 0 radical (unpaired) electrons. The van der Waals surface area contributed by atoms with Crippen LogP contribution in [0.4, 0.5) is 5.69 Å². The van der Waals surface area contributed by atoms with Crippen LogP contribution in [0.25, 0.3) is 10.9 Å². The average molecular weight is 824 g/mol. The molecule has 6 aliphatic rings. The molecular weight excluding hydrogens is 763 g/mol. The van der Waals surface area contributed by atoms with Gasteiger partial charge in [0.15, 0.2) is 6.10 Å².